The van der Waals surface area contributed by atoms with E-state index in [0.717, 1.165) is 27.4 Å². The normalized spacial score (nSPS) is 12.2. The van der Waals surface area contributed by atoms with E-state index in [0.29, 0.717) is 18.0 Å². The van der Waals surface area contributed by atoms with Crippen molar-refractivity contribution >= 4 is 33.4 Å². The number of nitrogens with one attached hydrogen (secondary N) is 1. The summed E-state index contributed by atoms with van der Waals surface area (Å²) in [5.41, 5.74) is 2.75. The molecule has 0 saturated carbocycles. The Kier molecular flexibility index (Phi) is 10.5. The minimum absolute atomic E-state index is 0.0316. The molecule has 0 saturated heterocycles. The van der Waals surface area contributed by atoms with E-state index in [1.54, 1.807) is 0 Å². The van der Waals surface area contributed by atoms with Crippen LogP contribution in [0.5, 0.6) is 0 Å². The zero-order chi connectivity index (χ0) is 27.7. The van der Waals surface area contributed by atoms with Crippen molar-refractivity contribution in [3.8, 4) is 0 Å². The predicted octanol–water partition coefficient (Wildman–Crippen LogP) is 4.44. The number of nitrogens with zero attached hydrogens (tertiary/aromatic N) is 2. The molecule has 3 rings (SSSR count). The monoisotopic (exact) mass is 555 g/mol. The maximum absolute atomic E-state index is 13.8. The van der Waals surface area contributed by atoms with Gasteiger partial charge in [0.25, 0.3) is 0 Å². The zero-order valence-electron chi connectivity index (χ0n) is 21.9. The number of hydrogen-bond acceptors (Lipinski definition) is 4. The van der Waals surface area contributed by atoms with E-state index in [4.69, 9.17) is 11.6 Å². The molecule has 2 amide bonds. The lowest BCUT2D eigenvalue weighted by Crippen LogP contribution is -2.53. The number of benzene rings is 3. The average molecular weight is 556 g/mol. The van der Waals surface area contributed by atoms with Crippen molar-refractivity contribution in [2.24, 2.45) is 0 Å². The molecule has 0 heterocycles. The quantitative estimate of drug-likeness (QED) is 0.358. The van der Waals surface area contributed by atoms with Crippen LogP contribution in [0.15, 0.2) is 83.8 Å². The molecule has 1 atom stereocenters. The SMILES string of the molecule is CCCNC(=O)C(Cc1ccccc1)N(Cc1ccccc1C)C(=O)CN(C)S(=O)(=O)c1ccc(Cl)cc1. The van der Waals surface area contributed by atoms with Gasteiger partial charge in [-0.2, -0.15) is 4.31 Å². The summed E-state index contributed by atoms with van der Waals surface area (Å²) in [5.74, 6) is -0.748. The second kappa shape index (κ2) is 13.6. The number of rotatable bonds is 12. The predicted molar refractivity (Wildman–Crippen MR) is 150 cm³/mol. The summed E-state index contributed by atoms with van der Waals surface area (Å²) < 4.78 is 27.4. The van der Waals surface area contributed by atoms with Crippen molar-refractivity contribution in [1.82, 2.24) is 14.5 Å². The lowest BCUT2D eigenvalue weighted by Gasteiger charge is -2.33. The first-order valence-corrected chi connectivity index (χ1v) is 14.3. The van der Waals surface area contributed by atoms with Gasteiger partial charge in [-0.15, -0.1) is 0 Å². The maximum atomic E-state index is 13.8. The molecule has 0 aliphatic carbocycles. The molecule has 1 unspecified atom stereocenters. The Bertz CT molecular complexity index is 1330. The van der Waals surface area contributed by atoms with Gasteiger partial charge in [-0.25, -0.2) is 8.42 Å². The molecule has 3 aromatic rings. The van der Waals surface area contributed by atoms with Gasteiger partial charge < -0.3 is 10.2 Å². The zero-order valence-corrected chi connectivity index (χ0v) is 23.5. The van der Waals surface area contributed by atoms with Crippen LogP contribution in [0, 0.1) is 6.92 Å². The Morgan fingerprint density at radius 2 is 1.58 bits per heavy atom. The Labute approximate surface area is 230 Å². The standard InChI is InChI=1S/C29H34ClN3O4S/c1-4-18-31-29(35)27(19-23-11-6-5-7-12-23)33(20-24-13-9-8-10-22(24)2)28(34)21-32(3)38(36,37)26-16-14-25(30)15-17-26/h5-17,27H,4,18-21H2,1-3H3,(H,31,35). The molecule has 3 aromatic carbocycles. The summed E-state index contributed by atoms with van der Waals surface area (Å²) in [7, 11) is -2.60. The van der Waals surface area contributed by atoms with E-state index in [1.807, 2.05) is 68.4 Å². The highest BCUT2D eigenvalue weighted by atomic mass is 35.5. The molecule has 0 spiro atoms. The highest BCUT2D eigenvalue weighted by Crippen LogP contribution is 2.20. The smallest absolute Gasteiger partial charge is 0.243 e. The number of likely N-dealkylation sites (N-methyl/N-ethyl adjacent to an activating group) is 1. The van der Waals surface area contributed by atoms with Crippen molar-refractivity contribution in [3.05, 3.63) is 101 Å². The molecule has 1 N–H and O–H groups in total. The van der Waals surface area contributed by atoms with Gasteiger partial charge >= 0.3 is 0 Å². The van der Waals surface area contributed by atoms with Gasteiger partial charge in [0.05, 0.1) is 11.4 Å². The van der Waals surface area contributed by atoms with E-state index in [2.05, 4.69) is 5.32 Å². The second-order valence-electron chi connectivity index (χ2n) is 9.16. The van der Waals surface area contributed by atoms with E-state index in [-0.39, 0.29) is 17.3 Å². The highest BCUT2D eigenvalue weighted by molar-refractivity contribution is 7.89. The molecule has 0 bridgehead atoms. The summed E-state index contributed by atoms with van der Waals surface area (Å²) >= 11 is 5.92. The van der Waals surface area contributed by atoms with Crippen LogP contribution in [0.4, 0.5) is 0 Å². The van der Waals surface area contributed by atoms with Gasteiger partial charge in [-0.05, 0) is 54.3 Å². The Morgan fingerprint density at radius 3 is 2.21 bits per heavy atom. The van der Waals surface area contributed by atoms with Crippen LogP contribution in [-0.4, -0.2) is 55.6 Å². The number of aryl methyl sites for hydroxylation is 1. The van der Waals surface area contributed by atoms with Crippen LogP contribution in [0.1, 0.15) is 30.0 Å². The van der Waals surface area contributed by atoms with Gasteiger partial charge in [0.1, 0.15) is 6.04 Å². The number of carbonyl (C=O) groups excluding carboxylic acids is 2. The lowest BCUT2D eigenvalue weighted by molar-refractivity contribution is -0.141. The third-order valence-corrected chi connectivity index (χ3v) is 8.37. The summed E-state index contributed by atoms with van der Waals surface area (Å²) in [6.45, 7) is 4.11. The molecule has 9 heteroatoms. The van der Waals surface area contributed by atoms with E-state index in [1.165, 1.54) is 36.2 Å². The van der Waals surface area contributed by atoms with E-state index >= 15 is 0 Å². The molecule has 202 valence electrons. The van der Waals surface area contributed by atoms with Crippen LogP contribution in [0.25, 0.3) is 0 Å². The summed E-state index contributed by atoms with van der Waals surface area (Å²) in [5, 5.41) is 3.34. The van der Waals surface area contributed by atoms with Crippen LogP contribution in [0.3, 0.4) is 0 Å². The van der Waals surface area contributed by atoms with E-state index in [9.17, 15) is 18.0 Å². The van der Waals surface area contributed by atoms with Crippen molar-refractivity contribution in [3.63, 3.8) is 0 Å². The summed E-state index contributed by atoms with van der Waals surface area (Å²) in [6.07, 6.45) is 1.04. The van der Waals surface area contributed by atoms with Crippen molar-refractivity contribution < 1.29 is 18.0 Å². The van der Waals surface area contributed by atoms with Gasteiger partial charge in [0.2, 0.25) is 21.8 Å². The molecule has 7 nitrogen and oxygen atoms in total. The van der Waals surface area contributed by atoms with Crippen molar-refractivity contribution in [2.75, 3.05) is 20.1 Å². The molecule has 0 radical (unpaired) electrons. The fraction of sp³-hybridized carbons (Fsp3) is 0.310. The average Bonchev–Trinajstić information content (AvgIpc) is 2.91. The number of halogens is 1. The van der Waals surface area contributed by atoms with E-state index < -0.39 is 28.5 Å². The largest absolute Gasteiger partial charge is 0.354 e. The minimum Gasteiger partial charge on any atom is -0.354 e. The fourth-order valence-electron chi connectivity index (χ4n) is 4.04. The molecule has 0 fully saturated rings. The number of carbonyl (C=O) groups is 2. The summed E-state index contributed by atoms with van der Waals surface area (Å²) in [4.78, 5) is 28.8. The molecule has 38 heavy (non-hydrogen) atoms. The van der Waals surface area contributed by atoms with Gasteiger partial charge in [0, 0.05) is 31.6 Å². The third kappa shape index (κ3) is 7.66. The molecular formula is C29H34ClN3O4S. The van der Waals surface area contributed by atoms with Crippen molar-refractivity contribution in [2.45, 2.75) is 44.2 Å². The van der Waals surface area contributed by atoms with Gasteiger partial charge in [-0.1, -0.05) is 73.1 Å². The van der Waals surface area contributed by atoms with Crippen LogP contribution < -0.4 is 5.32 Å². The summed E-state index contributed by atoms with van der Waals surface area (Å²) in [6, 6.07) is 22.1. The van der Waals surface area contributed by atoms with Crippen molar-refractivity contribution in [1.29, 1.82) is 0 Å². The van der Waals surface area contributed by atoms with Gasteiger partial charge in [0.15, 0.2) is 0 Å². The second-order valence-corrected chi connectivity index (χ2v) is 11.6. The fourth-order valence-corrected chi connectivity index (χ4v) is 5.29. The topological polar surface area (TPSA) is 86.8 Å². The molecule has 0 aliphatic heterocycles. The van der Waals surface area contributed by atoms with Crippen LogP contribution >= 0.6 is 11.6 Å². The van der Waals surface area contributed by atoms with Crippen LogP contribution in [-0.2, 0) is 32.6 Å². The number of hydrogen-bond donors (Lipinski definition) is 1. The number of amides is 2. The first-order chi connectivity index (χ1) is 18.1. The molecule has 0 aliphatic rings. The van der Waals surface area contributed by atoms with Gasteiger partial charge in [-0.3, -0.25) is 9.59 Å². The maximum Gasteiger partial charge on any atom is 0.243 e. The lowest BCUT2D eigenvalue weighted by atomic mass is 10.0. The highest BCUT2D eigenvalue weighted by Gasteiger charge is 2.33. The Hall–Kier alpha value is -3.20. The minimum atomic E-state index is -3.96. The first-order valence-electron chi connectivity index (χ1n) is 12.5. The third-order valence-electron chi connectivity index (χ3n) is 6.30. The molecular weight excluding hydrogens is 522 g/mol. The Balaban J connectivity index is 1.97. The first kappa shape index (κ1) is 29.4. The molecule has 0 aromatic heterocycles. The number of sulfonamides is 1. The Morgan fingerprint density at radius 1 is 0.947 bits per heavy atom. The van der Waals surface area contributed by atoms with Crippen LogP contribution in [0.2, 0.25) is 5.02 Å².